The van der Waals surface area contributed by atoms with Crippen molar-refractivity contribution in [3.8, 4) is 0 Å². The minimum atomic E-state index is -1.79. The molecule has 7 nitrogen and oxygen atoms in total. The molecule has 0 spiro atoms. The molecule has 1 saturated heterocycles. The van der Waals surface area contributed by atoms with Crippen molar-refractivity contribution in [1.29, 1.82) is 0 Å². The van der Waals surface area contributed by atoms with Crippen molar-refractivity contribution in [3.63, 3.8) is 0 Å². The van der Waals surface area contributed by atoms with Crippen molar-refractivity contribution in [2.24, 2.45) is 0 Å². The molecule has 2 aliphatic heterocycles. The Labute approximate surface area is 180 Å². The summed E-state index contributed by atoms with van der Waals surface area (Å²) in [4.78, 5) is 19.8. The molecule has 1 unspecified atom stereocenters. The Bertz CT molecular complexity index is 1210. The monoisotopic (exact) mass is 427 g/mol. The molecule has 0 radical (unpaired) electrons. The van der Waals surface area contributed by atoms with E-state index < -0.39 is 6.08 Å². The van der Waals surface area contributed by atoms with Gasteiger partial charge in [-0.1, -0.05) is 5.16 Å². The molecule has 2 aliphatic rings. The van der Waals surface area contributed by atoms with E-state index in [-0.39, 0.29) is 23.1 Å². The van der Waals surface area contributed by atoms with Crippen molar-refractivity contribution in [2.75, 3.05) is 19.6 Å². The highest BCUT2D eigenvalue weighted by atomic mass is 19.1. The highest BCUT2D eigenvalue weighted by molar-refractivity contribution is 5.79. The van der Waals surface area contributed by atoms with E-state index in [9.17, 15) is 14.3 Å². The van der Waals surface area contributed by atoms with Gasteiger partial charge in [0.1, 0.15) is 17.7 Å². The van der Waals surface area contributed by atoms with Gasteiger partial charge in [0.2, 0.25) is 0 Å². The molecule has 0 saturated carbocycles. The molecule has 1 atom stereocenters. The number of fused-ring (bicyclic) bond motifs is 2. The van der Waals surface area contributed by atoms with E-state index in [0.717, 1.165) is 43.6 Å². The summed E-state index contributed by atoms with van der Waals surface area (Å²) in [5.74, 6) is 0.103. The summed E-state index contributed by atoms with van der Waals surface area (Å²) in [5.41, 5.74) is 2.52. The third kappa shape index (κ3) is 3.78. The van der Waals surface area contributed by atoms with Gasteiger partial charge in [0.25, 0.3) is 5.56 Å². The molecular weight excluding hydrogens is 399 g/mol. The maximum Gasteiger partial charge on any atom is 0.257 e. The van der Waals surface area contributed by atoms with Crippen LogP contribution in [0.5, 0.6) is 0 Å². The number of aliphatic hydroxyl groups is 1. The van der Waals surface area contributed by atoms with Crippen LogP contribution in [0.15, 0.2) is 27.5 Å². The van der Waals surface area contributed by atoms with Crippen molar-refractivity contribution >= 4 is 11.0 Å². The second-order valence-corrected chi connectivity index (χ2v) is 8.58. The van der Waals surface area contributed by atoms with Gasteiger partial charge in [0.15, 0.2) is 5.58 Å². The molecule has 5 rings (SSSR count). The zero-order valence-corrected chi connectivity index (χ0v) is 17.6. The fraction of sp³-hybridized carbons (Fsp3) is 0.522. The molecule has 3 aromatic rings. The van der Waals surface area contributed by atoms with Gasteiger partial charge < -0.3 is 14.5 Å². The largest absolute Gasteiger partial charge is 0.385 e. The number of aromatic nitrogens is 3. The molecule has 2 aromatic heterocycles. The predicted molar refractivity (Wildman–Crippen MR) is 114 cm³/mol. The van der Waals surface area contributed by atoms with E-state index >= 15 is 0 Å². The molecule has 4 heterocycles. The number of hydrogen-bond acceptors (Lipinski definition) is 6. The average molecular weight is 427 g/mol. The van der Waals surface area contributed by atoms with Gasteiger partial charge in [-0.2, -0.15) is 0 Å². The quantitative estimate of drug-likeness (QED) is 0.689. The van der Waals surface area contributed by atoms with Crippen LogP contribution in [0.2, 0.25) is 0 Å². The second-order valence-electron chi connectivity index (χ2n) is 8.58. The first-order chi connectivity index (χ1) is 15.3. The number of piperidine rings is 1. The van der Waals surface area contributed by atoms with Crippen LogP contribution in [0.3, 0.4) is 0 Å². The minimum absolute atomic E-state index is 0.130. The van der Waals surface area contributed by atoms with E-state index in [1.807, 2.05) is 0 Å². The smallest absolute Gasteiger partial charge is 0.257 e. The molecule has 164 valence electrons. The fourth-order valence-electron chi connectivity index (χ4n) is 4.86. The summed E-state index contributed by atoms with van der Waals surface area (Å²) in [5, 5.41) is 15.4. The van der Waals surface area contributed by atoms with E-state index in [1.54, 1.807) is 13.0 Å². The van der Waals surface area contributed by atoms with Crippen LogP contribution < -0.4 is 5.56 Å². The number of halogens is 1. The Hall–Kier alpha value is -2.58. The lowest BCUT2D eigenvalue weighted by atomic mass is 9.91. The Morgan fingerprint density at radius 3 is 2.90 bits per heavy atom. The lowest BCUT2D eigenvalue weighted by molar-refractivity contribution is 0.129. The van der Waals surface area contributed by atoms with Crippen molar-refractivity contribution in [2.45, 2.75) is 57.6 Å². The standard InChI is InChI=1S/C23H27FN4O3/c1-14-17(23(30)28-9-2-3-19(29)22(28)25-14)8-12-27-10-6-15(7-11-27)21-18-5-4-16(24)13-20(18)31-26-21/h4-5,13,15,19,29H,2-3,6-12H2,1H3/i19D. The summed E-state index contributed by atoms with van der Waals surface area (Å²) >= 11 is 0. The van der Waals surface area contributed by atoms with Crippen LogP contribution in [0.25, 0.3) is 11.0 Å². The number of benzene rings is 1. The average Bonchev–Trinajstić information content (AvgIpc) is 3.17. The van der Waals surface area contributed by atoms with Crippen LogP contribution >= 0.6 is 0 Å². The summed E-state index contributed by atoms with van der Waals surface area (Å²) in [6.07, 6.45) is 1.53. The van der Waals surface area contributed by atoms with E-state index in [2.05, 4.69) is 15.0 Å². The molecule has 1 N–H and O–H groups in total. The molecule has 0 bridgehead atoms. The lowest BCUT2D eigenvalue weighted by Crippen LogP contribution is -2.37. The molecule has 1 aromatic carbocycles. The molecule has 8 heteroatoms. The van der Waals surface area contributed by atoms with E-state index in [0.29, 0.717) is 42.6 Å². The number of nitrogens with zero attached hydrogens (tertiary/aromatic N) is 4. The van der Waals surface area contributed by atoms with Gasteiger partial charge in [-0.05, 0) is 64.3 Å². The summed E-state index contributed by atoms with van der Waals surface area (Å²) in [6, 6.07) is 4.54. The SMILES string of the molecule is [2H]C1(O)CCCn2c1nc(C)c(CCN1CCC(c3noc4cc(F)ccc34)CC1)c2=O. The number of rotatable bonds is 4. The van der Waals surface area contributed by atoms with E-state index in [4.69, 9.17) is 5.89 Å². The summed E-state index contributed by atoms with van der Waals surface area (Å²) in [7, 11) is 0. The van der Waals surface area contributed by atoms with Crippen molar-refractivity contribution < 1.29 is 15.4 Å². The predicted octanol–water partition coefficient (Wildman–Crippen LogP) is 3.08. The third-order valence-corrected chi connectivity index (χ3v) is 6.64. The first-order valence-electron chi connectivity index (χ1n) is 11.4. The van der Waals surface area contributed by atoms with Gasteiger partial charge in [-0.3, -0.25) is 9.36 Å². The molecule has 1 fully saturated rings. The van der Waals surface area contributed by atoms with Crippen LogP contribution in [0.1, 0.15) is 61.8 Å². The van der Waals surface area contributed by atoms with Crippen molar-refractivity contribution in [1.82, 2.24) is 19.6 Å². The first-order valence-corrected chi connectivity index (χ1v) is 10.9. The first kappa shape index (κ1) is 19.1. The zero-order valence-electron chi connectivity index (χ0n) is 18.6. The second kappa shape index (κ2) is 8.16. The number of hydrogen-bond donors (Lipinski definition) is 1. The summed E-state index contributed by atoms with van der Waals surface area (Å²) < 4.78 is 28.3. The Morgan fingerprint density at radius 2 is 2.10 bits per heavy atom. The molecular formula is C23H27FN4O3. The molecule has 0 amide bonds. The Kier molecular flexibility index (Phi) is 5.04. The van der Waals surface area contributed by atoms with Crippen molar-refractivity contribution in [3.05, 3.63) is 57.1 Å². The van der Waals surface area contributed by atoms with Gasteiger partial charge in [-0.15, -0.1) is 0 Å². The van der Waals surface area contributed by atoms with Crippen LogP contribution in [0, 0.1) is 12.7 Å². The van der Waals surface area contributed by atoms with Crippen LogP contribution in [-0.4, -0.2) is 44.3 Å². The van der Waals surface area contributed by atoms with Crippen LogP contribution in [-0.2, 0) is 13.0 Å². The van der Waals surface area contributed by atoms with Gasteiger partial charge in [0, 0.05) is 41.7 Å². The number of aryl methyl sites for hydroxylation is 1. The Balaban J connectivity index is 1.25. The highest BCUT2D eigenvalue weighted by Gasteiger charge is 2.26. The fourth-order valence-corrected chi connectivity index (χ4v) is 4.86. The van der Waals surface area contributed by atoms with Gasteiger partial charge >= 0.3 is 0 Å². The normalized spacial score (nSPS) is 23.1. The minimum Gasteiger partial charge on any atom is -0.385 e. The van der Waals surface area contributed by atoms with E-state index in [1.165, 1.54) is 16.7 Å². The Morgan fingerprint density at radius 1 is 1.29 bits per heavy atom. The zero-order chi connectivity index (χ0) is 22.5. The van der Waals surface area contributed by atoms with Crippen LogP contribution in [0.4, 0.5) is 4.39 Å². The van der Waals surface area contributed by atoms with Gasteiger partial charge in [0.05, 0.1) is 7.06 Å². The molecule has 31 heavy (non-hydrogen) atoms. The van der Waals surface area contributed by atoms with Gasteiger partial charge in [-0.25, -0.2) is 9.37 Å². The maximum absolute atomic E-state index is 13.4. The topological polar surface area (TPSA) is 84.4 Å². The summed E-state index contributed by atoms with van der Waals surface area (Å²) in [6.45, 7) is 4.79. The lowest BCUT2D eigenvalue weighted by Gasteiger charge is -2.31. The molecule has 0 aliphatic carbocycles. The number of likely N-dealkylation sites (tertiary alicyclic amines) is 1. The highest BCUT2D eigenvalue weighted by Crippen LogP contribution is 2.32. The maximum atomic E-state index is 13.4. The third-order valence-electron chi connectivity index (χ3n) is 6.64.